The molecule has 0 aromatic heterocycles. The second kappa shape index (κ2) is 3.59. The van der Waals surface area contributed by atoms with E-state index in [1.54, 1.807) is 7.11 Å². The maximum absolute atomic E-state index is 11.3. The number of nitrogens with one attached hydrogen (secondary N) is 2. The van der Waals surface area contributed by atoms with Gasteiger partial charge in [-0.3, -0.25) is 4.79 Å². The molecule has 1 atom stereocenters. The van der Waals surface area contributed by atoms with Crippen LogP contribution in [0.4, 0.5) is 0 Å². The van der Waals surface area contributed by atoms with Crippen molar-refractivity contribution in [3.63, 3.8) is 0 Å². The van der Waals surface area contributed by atoms with Gasteiger partial charge in [-0.1, -0.05) is 0 Å². The van der Waals surface area contributed by atoms with Crippen molar-refractivity contribution in [2.45, 2.75) is 31.9 Å². The van der Waals surface area contributed by atoms with Crippen LogP contribution in [0.1, 0.15) is 20.3 Å². The van der Waals surface area contributed by atoms with E-state index in [-0.39, 0.29) is 17.6 Å². The number of carbonyl (C=O) groups is 1. The molecule has 0 bridgehead atoms. The van der Waals surface area contributed by atoms with Gasteiger partial charge in [0.15, 0.2) is 5.11 Å². The smallest absolute Gasteiger partial charge is 0.248 e. The van der Waals surface area contributed by atoms with Crippen LogP contribution in [0.2, 0.25) is 0 Å². The van der Waals surface area contributed by atoms with Gasteiger partial charge in [0.2, 0.25) is 5.91 Å². The predicted octanol–water partition coefficient (Wildman–Crippen LogP) is 0.174. The predicted molar refractivity (Wildman–Crippen MR) is 53.4 cm³/mol. The molecule has 1 amide bonds. The number of amides is 1. The minimum Gasteiger partial charge on any atom is -0.379 e. The molecule has 1 saturated heterocycles. The summed E-state index contributed by atoms with van der Waals surface area (Å²) in [6.07, 6.45) is 0.607. The van der Waals surface area contributed by atoms with Gasteiger partial charge in [0.1, 0.15) is 6.04 Å². The molecule has 0 aromatic rings. The quantitative estimate of drug-likeness (QED) is 0.641. The van der Waals surface area contributed by atoms with E-state index in [0.717, 1.165) is 0 Å². The monoisotopic (exact) mass is 202 g/mol. The summed E-state index contributed by atoms with van der Waals surface area (Å²) in [5, 5.41) is 5.83. The third-order valence-corrected chi connectivity index (χ3v) is 2.33. The molecule has 0 aromatic carbocycles. The number of carbonyl (C=O) groups excluding carboxylic acids is 1. The highest BCUT2D eigenvalue weighted by molar-refractivity contribution is 7.80. The van der Waals surface area contributed by atoms with Crippen LogP contribution < -0.4 is 10.6 Å². The first-order valence-corrected chi connectivity index (χ1v) is 4.52. The largest absolute Gasteiger partial charge is 0.379 e. The maximum Gasteiger partial charge on any atom is 0.248 e. The first-order valence-electron chi connectivity index (χ1n) is 4.11. The number of hydrogen-bond acceptors (Lipinski definition) is 3. The topological polar surface area (TPSA) is 50.4 Å². The average molecular weight is 202 g/mol. The molecular formula is C8H14N2O2S. The molecule has 1 unspecified atom stereocenters. The number of ether oxygens (including phenoxy) is 1. The first-order chi connectivity index (χ1) is 5.94. The van der Waals surface area contributed by atoms with Crippen molar-refractivity contribution in [2.24, 2.45) is 0 Å². The molecule has 0 spiro atoms. The van der Waals surface area contributed by atoms with Crippen molar-refractivity contribution in [3.8, 4) is 0 Å². The standard InChI is InChI=1S/C8H14N2O2S/c1-8(2,12-3)4-5-6(11)10-7(13)9-5/h5H,4H2,1-3H3,(H2,9,10,11,13). The average Bonchev–Trinajstić information content (AvgIpc) is 2.30. The summed E-state index contributed by atoms with van der Waals surface area (Å²) in [6, 6.07) is -0.262. The summed E-state index contributed by atoms with van der Waals surface area (Å²) in [5.74, 6) is -0.0740. The van der Waals surface area contributed by atoms with Gasteiger partial charge in [-0.2, -0.15) is 0 Å². The number of hydrogen-bond donors (Lipinski definition) is 2. The molecule has 0 aliphatic carbocycles. The Bertz CT molecular complexity index is 240. The SMILES string of the molecule is COC(C)(C)CC1NC(=S)NC1=O. The fraction of sp³-hybridized carbons (Fsp3) is 0.750. The van der Waals surface area contributed by atoms with E-state index in [1.165, 1.54) is 0 Å². The van der Waals surface area contributed by atoms with Crippen LogP contribution in [-0.2, 0) is 9.53 Å². The van der Waals surface area contributed by atoms with Gasteiger partial charge in [-0.15, -0.1) is 0 Å². The fourth-order valence-corrected chi connectivity index (χ4v) is 1.42. The molecule has 13 heavy (non-hydrogen) atoms. The van der Waals surface area contributed by atoms with E-state index in [9.17, 15) is 4.79 Å². The summed E-state index contributed by atoms with van der Waals surface area (Å²) < 4.78 is 5.22. The Morgan fingerprint density at radius 1 is 1.62 bits per heavy atom. The first kappa shape index (κ1) is 10.4. The minimum atomic E-state index is -0.311. The van der Waals surface area contributed by atoms with Crippen molar-refractivity contribution < 1.29 is 9.53 Å². The lowest BCUT2D eigenvalue weighted by Gasteiger charge is -2.24. The lowest BCUT2D eigenvalue weighted by Crippen LogP contribution is -2.38. The van der Waals surface area contributed by atoms with E-state index in [4.69, 9.17) is 17.0 Å². The van der Waals surface area contributed by atoms with Crippen LogP contribution >= 0.6 is 12.2 Å². The van der Waals surface area contributed by atoms with Gasteiger partial charge in [-0.25, -0.2) is 0 Å². The van der Waals surface area contributed by atoms with Gasteiger partial charge < -0.3 is 15.4 Å². The van der Waals surface area contributed by atoms with Crippen LogP contribution in [0.15, 0.2) is 0 Å². The van der Waals surface area contributed by atoms with Crippen molar-refractivity contribution in [3.05, 3.63) is 0 Å². The van der Waals surface area contributed by atoms with Crippen LogP contribution in [0.3, 0.4) is 0 Å². The zero-order valence-corrected chi connectivity index (χ0v) is 8.83. The Kier molecular flexibility index (Phi) is 2.87. The van der Waals surface area contributed by atoms with Crippen molar-refractivity contribution >= 4 is 23.2 Å². The molecule has 5 heteroatoms. The molecule has 2 N–H and O–H groups in total. The normalized spacial score (nSPS) is 22.8. The second-order valence-electron chi connectivity index (χ2n) is 3.68. The fourth-order valence-electron chi connectivity index (χ4n) is 1.18. The van der Waals surface area contributed by atoms with Crippen LogP contribution in [0.25, 0.3) is 0 Å². The molecular weight excluding hydrogens is 188 g/mol. The summed E-state index contributed by atoms with van der Waals surface area (Å²) in [5.41, 5.74) is -0.311. The van der Waals surface area contributed by atoms with E-state index >= 15 is 0 Å². The maximum atomic E-state index is 11.3. The van der Waals surface area contributed by atoms with Gasteiger partial charge in [0, 0.05) is 13.5 Å². The van der Waals surface area contributed by atoms with Crippen LogP contribution in [0, 0.1) is 0 Å². The Morgan fingerprint density at radius 2 is 2.23 bits per heavy atom. The Morgan fingerprint density at radius 3 is 2.62 bits per heavy atom. The van der Waals surface area contributed by atoms with Crippen LogP contribution in [-0.4, -0.2) is 29.8 Å². The summed E-state index contributed by atoms with van der Waals surface area (Å²) in [7, 11) is 1.63. The molecule has 74 valence electrons. The van der Waals surface area contributed by atoms with Crippen molar-refractivity contribution in [1.82, 2.24) is 10.6 Å². The summed E-state index contributed by atoms with van der Waals surface area (Å²) in [4.78, 5) is 11.3. The van der Waals surface area contributed by atoms with Gasteiger partial charge in [-0.05, 0) is 26.1 Å². The van der Waals surface area contributed by atoms with Gasteiger partial charge in [0.05, 0.1) is 5.60 Å². The van der Waals surface area contributed by atoms with E-state index < -0.39 is 0 Å². The minimum absolute atomic E-state index is 0.0740. The molecule has 0 radical (unpaired) electrons. The second-order valence-corrected chi connectivity index (χ2v) is 4.09. The highest BCUT2D eigenvalue weighted by atomic mass is 32.1. The third-order valence-electron chi connectivity index (χ3n) is 2.11. The van der Waals surface area contributed by atoms with Crippen LogP contribution in [0.5, 0.6) is 0 Å². The third kappa shape index (κ3) is 2.63. The van der Waals surface area contributed by atoms with Crippen molar-refractivity contribution in [2.75, 3.05) is 7.11 Å². The Hall–Kier alpha value is -0.680. The van der Waals surface area contributed by atoms with Crippen molar-refractivity contribution in [1.29, 1.82) is 0 Å². The van der Waals surface area contributed by atoms with E-state index in [0.29, 0.717) is 11.5 Å². The van der Waals surface area contributed by atoms with Gasteiger partial charge >= 0.3 is 0 Å². The highest BCUT2D eigenvalue weighted by Crippen LogP contribution is 2.16. The lowest BCUT2D eigenvalue weighted by atomic mass is 9.99. The summed E-state index contributed by atoms with van der Waals surface area (Å²) >= 11 is 4.81. The number of thiocarbonyl (C=S) groups is 1. The Balaban J connectivity index is 2.55. The van der Waals surface area contributed by atoms with E-state index in [1.807, 2.05) is 13.8 Å². The molecule has 1 heterocycles. The molecule has 1 aliphatic heterocycles. The van der Waals surface area contributed by atoms with E-state index in [2.05, 4.69) is 10.6 Å². The molecule has 1 fully saturated rings. The Labute approximate surface area is 83.0 Å². The number of rotatable bonds is 3. The molecule has 4 nitrogen and oxygen atoms in total. The molecule has 1 aliphatic rings. The molecule has 1 rings (SSSR count). The highest BCUT2D eigenvalue weighted by Gasteiger charge is 2.32. The zero-order chi connectivity index (χ0) is 10.1. The lowest BCUT2D eigenvalue weighted by molar-refractivity contribution is -0.121. The van der Waals surface area contributed by atoms with Gasteiger partial charge in [0.25, 0.3) is 0 Å². The summed E-state index contributed by atoms with van der Waals surface area (Å²) in [6.45, 7) is 3.87. The zero-order valence-electron chi connectivity index (χ0n) is 8.01. The number of methoxy groups -OCH3 is 1. The molecule has 0 saturated carbocycles.